The van der Waals surface area contributed by atoms with E-state index in [0.717, 1.165) is 6.20 Å². The van der Waals surface area contributed by atoms with E-state index in [9.17, 15) is 18.0 Å². The number of fused-ring (bicyclic) bond motifs is 1. The summed E-state index contributed by atoms with van der Waals surface area (Å²) >= 11 is 0. The van der Waals surface area contributed by atoms with Crippen molar-refractivity contribution in [1.82, 2.24) is 15.6 Å². The maximum atomic E-state index is 13.4. The summed E-state index contributed by atoms with van der Waals surface area (Å²) in [5.41, 5.74) is -1.24. The first-order chi connectivity index (χ1) is 11.4. The monoisotopic (exact) mass is 341 g/mol. The SMILES string of the molecule is COCCNCCNC(=O)c1cnc2ccccc2c1C(F)(F)F. The molecule has 130 valence electrons. The third-order valence-corrected chi connectivity index (χ3v) is 3.37. The quantitative estimate of drug-likeness (QED) is 0.758. The Bertz CT molecular complexity index is 705. The van der Waals surface area contributed by atoms with Crippen molar-refractivity contribution in [2.45, 2.75) is 6.18 Å². The lowest BCUT2D eigenvalue weighted by Crippen LogP contribution is -2.34. The Balaban J connectivity index is 2.17. The standard InChI is InChI=1S/C16H18F3N3O2/c1-24-9-8-20-6-7-21-15(23)12-10-22-13-5-3-2-4-11(13)14(12)16(17,18)19/h2-5,10,20H,6-9H2,1H3,(H,21,23). The third-order valence-electron chi connectivity index (χ3n) is 3.37. The van der Waals surface area contributed by atoms with Crippen LogP contribution < -0.4 is 10.6 Å². The molecular weight excluding hydrogens is 323 g/mol. The Hall–Kier alpha value is -2.19. The number of pyridine rings is 1. The van der Waals surface area contributed by atoms with Gasteiger partial charge in [-0.3, -0.25) is 9.78 Å². The van der Waals surface area contributed by atoms with E-state index >= 15 is 0 Å². The van der Waals surface area contributed by atoms with Gasteiger partial charge in [-0.15, -0.1) is 0 Å². The first-order valence-corrected chi connectivity index (χ1v) is 7.38. The Morgan fingerprint density at radius 1 is 1.21 bits per heavy atom. The van der Waals surface area contributed by atoms with Crippen LogP contribution in [0.2, 0.25) is 0 Å². The molecule has 0 aliphatic heterocycles. The number of methoxy groups -OCH3 is 1. The van der Waals surface area contributed by atoms with Gasteiger partial charge in [0.1, 0.15) is 0 Å². The molecule has 1 amide bonds. The van der Waals surface area contributed by atoms with E-state index in [-0.39, 0.29) is 17.4 Å². The number of ether oxygens (including phenoxy) is 1. The first kappa shape index (κ1) is 18.2. The number of benzene rings is 1. The maximum Gasteiger partial charge on any atom is 0.417 e. The van der Waals surface area contributed by atoms with Gasteiger partial charge >= 0.3 is 6.18 Å². The zero-order valence-corrected chi connectivity index (χ0v) is 13.1. The van der Waals surface area contributed by atoms with Crippen LogP contribution in [0.3, 0.4) is 0 Å². The molecule has 0 saturated carbocycles. The number of carbonyl (C=O) groups is 1. The predicted molar refractivity (Wildman–Crippen MR) is 83.8 cm³/mol. The van der Waals surface area contributed by atoms with Crippen LogP contribution in [0.1, 0.15) is 15.9 Å². The molecule has 0 spiro atoms. The maximum absolute atomic E-state index is 13.4. The molecule has 0 aliphatic rings. The number of para-hydroxylation sites is 1. The fourth-order valence-electron chi connectivity index (χ4n) is 2.28. The lowest BCUT2D eigenvalue weighted by atomic mass is 10.0. The summed E-state index contributed by atoms with van der Waals surface area (Å²) in [6.45, 7) is 1.74. The predicted octanol–water partition coefficient (Wildman–Crippen LogP) is 2.22. The van der Waals surface area contributed by atoms with Crippen LogP contribution in [0.25, 0.3) is 10.9 Å². The van der Waals surface area contributed by atoms with Crippen LogP contribution in [-0.2, 0) is 10.9 Å². The number of alkyl halides is 3. The van der Waals surface area contributed by atoms with Crippen molar-refractivity contribution < 1.29 is 22.7 Å². The highest BCUT2D eigenvalue weighted by atomic mass is 19.4. The van der Waals surface area contributed by atoms with Gasteiger partial charge in [-0.05, 0) is 6.07 Å². The lowest BCUT2D eigenvalue weighted by molar-refractivity contribution is -0.136. The summed E-state index contributed by atoms with van der Waals surface area (Å²) in [5, 5.41) is 5.37. The molecule has 24 heavy (non-hydrogen) atoms. The molecule has 0 aliphatic carbocycles. The average molecular weight is 341 g/mol. The van der Waals surface area contributed by atoms with Crippen LogP contribution in [0.5, 0.6) is 0 Å². The second kappa shape index (κ2) is 8.07. The summed E-state index contributed by atoms with van der Waals surface area (Å²) in [5.74, 6) is -0.797. The number of nitrogens with zero attached hydrogens (tertiary/aromatic N) is 1. The minimum Gasteiger partial charge on any atom is -0.383 e. The number of aromatic nitrogens is 1. The van der Waals surface area contributed by atoms with E-state index in [1.54, 1.807) is 13.2 Å². The van der Waals surface area contributed by atoms with Gasteiger partial charge in [0.15, 0.2) is 0 Å². The van der Waals surface area contributed by atoms with Gasteiger partial charge in [-0.25, -0.2) is 0 Å². The molecule has 2 aromatic rings. The molecule has 0 bridgehead atoms. The van der Waals surface area contributed by atoms with Crippen molar-refractivity contribution in [3.63, 3.8) is 0 Å². The van der Waals surface area contributed by atoms with Crippen molar-refractivity contribution in [1.29, 1.82) is 0 Å². The number of nitrogens with one attached hydrogen (secondary N) is 2. The second-order valence-corrected chi connectivity index (χ2v) is 5.06. The van der Waals surface area contributed by atoms with E-state index in [0.29, 0.717) is 19.7 Å². The minimum atomic E-state index is -4.65. The van der Waals surface area contributed by atoms with Crippen molar-refractivity contribution in [2.24, 2.45) is 0 Å². The van der Waals surface area contributed by atoms with Gasteiger partial charge in [0.2, 0.25) is 0 Å². The molecule has 1 aromatic heterocycles. The highest BCUT2D eigenvalue weighted by molar-refractivity contribution is 6.00. The Morgan fingerprint density at radius 3 is 2.67 bits per heavy atom. The molecule has 0 radical (unpaired) electrons. The largest absolute Gasteiger partial charge is 0.417 e. The van der Waals surface area contributed by atoms with Crippen LogP contribution in [0.4, 0.5) is 13.2 Å². The lowest BCUT2D eigenvalue weighted by Gasteiger charge is -2.15. The van der Waals surface area contributed by atoms with Gasteiger partial charge in [0.05, 0.1) is 23.3 Å². The summed E-state index contributed by atoms with van der Waals surface area (Å²) in [7, 11) is 1.56. The van der Waals surface area contributed by atoms with E-state index in [1.807, 2.05) is 0 Å². The fourth-order valence-corrected chi connectivity index (χ4v) is 2.28. The molecule has 8 heteroatoms. The average Bonchev–Trinajstić information content (AvgIpc) is 2.55. The van der Waals surface area contributed by atoms with E-state index in [4.69, 9.17) is 4.74 Å². The van der Waals surface area contributed by atoms with Crippen molar-refractivity contribution in [3.05, 3.63) is 41.6 Å². The zero-order valence-electron chi connectivity index (χ0n) is 13.1. The summed E-state index contributed by atoms with van der Waals surface area (Å²) in [6, 6.07) is 5.88. The Kier molecular flexibility index (Phi) is 6.10. The Morgan fingerprint density at radius 2 is 1.96 bits per heavy atom. The van der Waals surface area contributed by atoms with E-state index in [2.05, 4.69) is 15.6 Å². The molecule has 2 rings (SSSR count). The van der Waals surface area contributed by atoms with Crippen LogP contribution in [-0.4, -0.2) is 44.2 Å². The highest BCUT2D eigenvalue weighted by Gasteiger charge is 2.37. The first-order valence-electron chi connectivity index (χ1n) is 7.38. The number of rotatable bonds is 7. The molecule has 5 nitrogen and oxygen atoms in total. The number of hydrogen-bond acceptors (Lipinski definition) is 4. The Labute approximate surface area is 137 Å². The minimum absolute atomic E-state index is 0.0872. The smallest absolute Gasteiger partial charge is 0.383 e. The van der Waals surface area contributed by atoms with Crippen LogP contribution in [0, 0.1) is 0 Å². The molecule has 2 N–H and O–H groups in total. The van der Waals surface area contributed by atoms with Gasteiger partial charge in [0, 0.05) is 38.3 Å². The van der Waals surface area contributed by atoms with Crippen molar-refractivity contribution >= 4 is 16.8 Å². The second-order valence-electron chi connectivity index (χ2n) is 5.06. The molecule has 0 unspecified atom stereocenters. The van der Waals surface area contributed by atoms with Gasteiger partial charge < -0.3 is 15.4 Å². The van der Waals surface area contributed by atoms with E-state index in [1.165, 1.54) is 18.2 Å². The van der Waals surface area contributed by atoms with Gasteiger partial charge in [-0.2, -0.15) is 13.2 Å². The third kappa shape index (κ3) is 4.42. The fraction of sp³-hybridized carbons (Fsp3) is 0.375. The topological polar surface area (TPSA) is 63.2 Å². The normalized spacial score (nSPS) is 11.7. The number of halogens is 3. The van der Waals surface area contributed by atoms with Crippen LogP contribution in [0.15, 0.2) is 30.5 Å². The number of amides is 1. The van der Waals surface area contributed by atoms with E-state index < -0.39 is 23.2 Å². The zero-order chi connectivity index (χ0) is 17.6. The summed E-state index contributed by atoms with van der Waals surface area (Å²) < 4.78 is 45.1. The van der Waals surface area contributed by atoms with Crippen LogP contribution >= 0.6 is 0 Å². The number of hydrogen-bond donors (Lipinski definition) is 2. The molecule has 1 heterocycles. The number of carbonyl (C=O) groups excluding carboxylic acids is 1. The molecule has 0 atom stereocenters. The summed E-state index contributed by atoms with van der Waals surface area (Å²) in [6.07, 6.45) is -3.68. The van der Waals surface area contributed by atoms with Gasteiger partial charge in [-0.1, -0.05) is 18.2 Å². The molecule has 0 saturated heterocycles. The summed E-state index contributed by atoms with van der Waals surface area (Å²) in [4.78, 5) is 16.1. The molecule has 0 fully saturated rings. The molecular formula is C16H18F3N3O2. The van der Waals surface area contributed by atoms with Gasteiger partial charge in [0.25, 0.3) is 5.91 Å². The van der Waals surface area contributed by atoms with Crippen molar-refractivity contribution in [3.8, 4) is 0 Å². The highest BCUT2D eigenvalue weighted by Crippen LogP contribution is 2.36. The molecule has 1 aromatic carbocycles. The van der Waals surface area contributed by atoms with Crippen molar-refractivity contribution in [2.75, 3.05) is 33.4 Å².